The summed E-state index contributed by atoms with van der Waals surface area (Å²) in [5, 5.41) is 10.7. The predicted molar refractivity (Wildman–Crippen MR) is 112 cm³/mol. The van der Waals surface area contributed by atoms with Crippen molar-refractivity contribution in [2.24, 2.45) is 7.05 Å². The Kier molecular flexibility index (Phi) is 3.97. The number of amides is 2. The summed E-state index contributed by atoms with van der Waals surface area (Å²) in [7, 11) is 1.91. The Bertz CT molecular complexity index is 1360. The molecule has 0 atom stereocenters. The van der Waals surface area contributed by atoms with E-state index in [2.05, 4.69) is 11.1 Å². The van der Waals surface area contributed by atoms with Gasteiger partial charge < -0.3 is 4.57 Å². The van der Waals surface area contributed by atoms with E-state index < -0.39 is 0 Å². The highest BCUT2D eigenvalue weighted by molar-refractivity contribution is 6.21. The van der Waals surface area contributed by atoms with Gasteiger partial charge in [-0.25, -0.2) is 0 Å². The standard InChI is InChI=1S/C24H16N4O2/c1-27-21-9-5-4-6-17(21)20(11-25)22(27)16-10-15(12-26-13-16)14-28-23(29)18-7-2-3-8-19(18)24(28)30/h2-10,12-13H,14H2,1H3. The number of imide groups is 1. The van der Waals surface area contributed by atoms with Crippen LogP contribution in [0.3, 0.4) is 0 Å². The summed E-state index contributed by atoms with van der Waals surface area (Å²) in [5.41, 5.74) is 4.62. The van der Waals surface area contributed by atoms with E-state index in [9.17, 15) is 14.9 Å². The normalized spacial score (nSPS) is 13.0. The predicted octanol–water partition coefficient (Wildman–Crippen LogP) is 3.91. The van der Waals surface area contributed by atoms with Gasteiger partial charge in [0.2, 0.25) is 0 Å². The van der Waals surface area contributed by atoms with Crippen molar-refractivity contribution in [1.29, 1.82) is 5.26 Å². The van der Waals surface area contributed by atoms with Crippen LogP contribution in [0.5, 0.6) is 0 Å². The lowest BCUT2D eigenvalue weighted by Gasteiger charge is -2.14. The molecule has 6 heteroatoms. The lowest BCUT2D eigenvalue weighted by molar-refractivity contribution is 0.0642. The third-order valence-corrected chi connectivity index (χ3v) is 5.51. The maximum atomic E-state index is 12.7. The van der Waals surface area contributed by atoms with Gasteiger partial charge in [0.05, 0.1) is 28.9 Å². The van der Waals surface area contributed by atoms with E-state index in [0.717, 1.165) is 27.7 Å². The number of pyridine rings is 1. The number of nitriles is 1. The number of nitrogens with zero attached hydrogens (tertiary/aromatic N) is 4. The highest BCUT2D eigenvalue weighted by atomic mass is 16.2. The molecular formula is C24H16N4O2. The zero-order valence-corrected chi connectivity index (χ0v) is 16.2. The number of fused-ring (bicyclic) bond motifs is 2. The van der Waals surface area contributed by atoms with Gasteiger partial charge >= 0.3 is 0 Å². The molecule has 4 aromatic rings. The molecule has 0 spiro atoms. The molecule has 1 aliphatic rings. The molecule has 0 bridgehead atoms. The van der Waals surface area contributed by atoms with Gasteiger partial charge in [0.15, 0.2) is 0 Å². The minimum atomic E-state index is -0.302. The molecular weight excluding hydrogens is 376 g/mol. The van der Waals surface area contributed by atoms with Gasteiger partial charge in [-0.15, -0.1) is 0 Å². The maximum absolute atomic E-state index is 12.7. The van der Waals surface area contributed by atoms with Crippen LogP contribution >= 0.6 is 0 Å². The number of aryl methyl sites for hydroxylation is 1. The SMILES string of the molecule is Cn1c(-c2cncc(CN3C(=O)c4ccccc4C3=O)c2)c(C#N)c2ccccc21. The van der Waals surface area contributed by atoms with Crippen molar-refractivity contribution in [3.8, 4) is 17.3 Å². The van der Waals surface area contributed by atoms with Gasteiger partial charge in [-0.1, -0.05) is 30.3 Å². The first kappa shape index (κ1) is 17.8. The molecule has 5 rings (SSSR count). The lowest BCUT2D eigenvalue weighted by Crippen LogP contribution is -2.29. The molecule has 3 heterocycles. The highest BCUT2D eigenvalue weighted by Gasteiger charge is 2.35. The molecule has 30 heavy (non-hydrogen) atoms. The van der Waals surface area contributed by atoms with E-state index in [4.69, 9.17) is 0 Å². The van der Waals surface area contributed by atoms with Gasteiger partial charge in [0.25, 0.3) is 11.8 Å². The van der Waals surface area contributed by atoms with Crippen molar-refractivity contribution in [2.45, 2.75) is 6.54 Å². The topological polar surface area (TPSA) is 79.0 Å². The molecule has 0 saturated heterocycles. The van der Waals surface area contributed by atoms with Crippen molar-refractivity contribution < 1.29 is 9.59 Å². The van der Waals surface area contributed by atoms with Crippen LogP contribution < -0.4 is 0 Å². The van der Waals surface area contributed by atoms with Gasteiger partial charge in [-0.2, -0.15) is 5.26 Å². The van der Waals surface area contributed by atoms with Gasteiger partial charge in [0, 0.05) is 35.9 Å². The minimum Gasteiger partial charge on any atom is -0.342 e. The van der Waals surface area contributed by atoms with E-state index >= 15 is 0 Å². The zero-order chi connectivity index (χ0) is 20.8. The smallest absolute Gasteiger partial charge is 0.261 e. The summed E-state index contributed by atoms with van der Waals surface area (Å²) in [5.74, 6) is -0.605. The fraction of sp³-hybridized carbons (Fsp3) is 0.0833. The molecule has 2 aromatic carbocycles. The van der Waals surface area contributed by atoms with Crippen LogP contribution in [0.4, 0.5) is 0 Å². The fourth-order valence-electron chi connectivity index (χ4n) is 4.11. The summed E-state index contributed by atoms with van der Waals surface area (Å²) < 4.78 is 1.97. The van der Waals surface area contributed by atoms with Gasteiger partial charge in [0.1, 0.15) is 6.07 Å². The Morgan fingerprint density at radius 3 is 2.33 bits per heavy atom. The van der Waals surface area contributed by atoms with Crippen LogP contribution in [0.25, 0.3) is 22.2 Å². The molecule has 0 N–H and O–H groups in total. The molecule has 0 radical (unpaired) electrons. The largest absolute Gasteiger partial charge is 0.342 e. The monoisotopic (exact) mass is 392 g/mol. The van der Waals surface area contributed by atoms with E-state index in [1.807, 2.05) is 41.9 Å². The third-order valence-electron chi connectivity index (χ3n) is 5.51. The number of para-hydroxylation sites is 1. The molecule has 0 saturated carbocycles. The van der Waals surface area contributed by atoms with Crippen molar-refractivity contribution in [3.63, 3.8) is 0 Å². The number of rotatable bonds is 3. The van der Waals surface area contributed by atoms with E-state index in [1.54, 1.807) is 36.7 Å². The first-order chi connectivity index (χ1) is 14.6. The van der Waals surface area contributed by atoms with E-state index in [-0.39, 0.29) is 18.4 Å². The Morgan fingerprint density at radius 2 is 1.63 bits per heavy atom. The van der Waals surface area contributed by atoms with Crippen LogP contribution in [0.15, 0.2) is 67.0 Å². The Morgan fingerprint density at radius 1 is 0.967 bits per heavy atom. The Balaban J connectivity index is 1.55. The molecule has 0 fully saturated rings. The van der Waals surface area contributed by atoms with Crippen molar-refractivity contribution in [2.75, 3.05) is 0 Å². The van der Waals surface area contributed by atoms with Crippen molar-refractivity contribution in [1.82, 2.24) is 14.5 Å². The number of aromatic nitrogens is 2. The van der Waals surface area contributed by atoms with Crippen LogP contribution in [0, 0.1) is 11.3 Å². The number of carbonyl (C=O) groups is 2. The van der Waals surface area contributed by atoms with E-state index in [1.165, 1.54) is 4.90 Å². The Hall–Kier alpha value is -4.24. The maximum Gasteiger partial charge on any atom is 0.261 e. The molecule has 6 nitrogen and oxygen atoms in total. The lowest BCUT2D eigenvalue weighted by atomic mass is 10.1. The molecule has 1 aliphatic heterocycles. The molecule has 0 aliphatic carbocycles. The molecule has 2 amide bonds. The number of benzene rings is 2. The van der Waals surface area contributed by atoms with E-state index in [0.29, 0.717) is 16.7 Å². The van der Waals surface area contributed by atoms with Gasteiger partial charge in [-0.3, -0.25) is 19.5 Å². The van der Waals surface area contributed by atoms with Crippen LogP contribution in [-0.4, -0.2) is 26.3 Å². The average molecular weight is 392 g/mol. The quantitative estimate of drug-likeness (QED) is 0.495. The summed E-state index contributed by atoms with van der Waals surface area (Å²) in [6.45, 7) is 0.124. The zero-order valence-electron chi connectivity index (χ0n) is 16.2. The number of carbonyl (C=O) groups excluding carboxylic acids is 2. The van der Waals surface area contributed by atoms with Crippen molar-refractivity contribution >= 4 is 22.7 Å². The Labute approximate surface area is 172 Å². The second kappa shape index (κ2) is 6.68. The molecule has 0 unspecified atom stereocenters. The average Bonchev–Trinajstić information content (AvgIpc) is 3.20. The molecule has 144 valence electrons. The highest BCUT2D eigenvalue weighted by Crippen LogP contribution is 2.33. The van der Waals surface area contributed by atoms with Crippen molar-refractivity contribution in [3.05, 3.63) is 89.2 Å². The third kappa shape index (κ3) is 2.53. The fourth-order valence-corrected chi connectivity index (χ4v) is 4.11. The molecule has 2 aromatic heterocycles. The minimum absolute atomic E-state index is 0.124. The second-order valence-electron chi connectivity index (χ2n) is 7.24. The second-order valence-corrected chi connectivity index (χ2v) is 7.24. The first-order valence-electron chi connectivity index (χ1n) is 9.47. The summed E-state index contributed by atoms with van der Waals surface area (Å²) >= 11 is 0. The number of hydrogen-bond acceptors (Lipinski definition) is 4. The van der Waals surface area contributed by atoms with Crippen LogP contribution in [0.2, 0.25) is 0 Å². The number of hydrogen-bond donors (Lipinski definition) is 0. The van der Waals surface area contributed by atoms with Gasteiger partial charge in [-0.05, 0) is 29.8 Å². The summed E-state index contributed by atoms with van der Waals surface area (Å²) in [6, 6.07) is 18.8. The van der Waals surface area contributed by atoms with Crippen LogP contribution in [0.1, 0.15) is 31.8 Å². The summed E-state index contributed by atoms with van der Waals surface area (Å²) in [6.07, 6.45) is 3.34. The first-order valence-corrected chi connectivity index (χ1v) is 9.47. The van der Waals surface area contributed by atoms with Crippen LogP contribution in [-0.2, 0) is 13.6 Å². The summed E-state index contributed by atoms with van der Waals surface area (Å²) in [4.78, 5) is 30.9.